The molecule has 1 aliphatic carbocycles. The average Bonchev–Trinajstić information content (AvgIpc) is 3.15. The van der Waals surface area contributed by atoms with Crippen molar-refractivity contribution in [2.45, 2.75) is 31.3 Å². The van der Waals surface area contributed by atoms with Crippen LogP contribution in [0.1, 0.15) is 28.9 Å². The van der Waals surface area contributed by atoms with E-state index < -0.39 is 0 Å². The van der Waals surface area contributed by atoms with Crippen LogP contribution in [0.3, 0.4) is 0 Å². The molecule has 1 saturated heterocycles. The van der Waals surface area contributed by atoms with Crippen LogP contribution in [0.5, 0.6) is 0 Å². The highest BCUT2D eigenvalue weighted by Crippen LogP contribution is 2.32. The summed E-state index contributed by atoms with van der Waals surface area (Å²) < 4.78 is 0. The van der Waals surface area contributed by atoms with E-state index in [-0.39, 0.29) is 11.9 Å². The third kappa shape index (κ3) is 2.36. The minimum atomic E-state index is -0.0850. The maximum Gasteiger partial charge on any atom is 0.263 e. The smallest absolute Gasteiger partial charge is 0.263 e. The van der Waals surface area contributed by atoms with Gasteiger partial charge in [0.05, 0.1) is 11.9 Å². The van der Waals surface area contributed by atoms with Crippen molar-refractivity contribution in [3.05, 3.63) is 17.1 Å². The van der Waals surface area contributed by atoms with Crippen LogP contribution in [-0.4, -0.2) is 46.2 Å². The molecular weight excluding hydrogens is 286 g/mol. The third-order valence-corrected chi connectivity index (χ3v) is 5.35. The maximum absolute atomic E-state index is 12.4. The second-order valence-corrected chi connectivity index (χ2v) is 6.78. The molecule has 1 amide bonds. The molecule has 4 rings (SSSR count). The van der Waals surface area contributed by atoms with Gasteiger partial charge in [-0.2, -0.15) is 5.10 Å². The predicted octanol–water partition coefficient (Wildman–Crippen LogP) is 1.24. The van der Waals surface area contributed by atoms with E-state index in [4.69, 9.17) is 5.73 Å². The van der Waals surface area contributed by atoms with E-state index in [1.54, 1.807) is 12.3 Å². The lowest BCUT2D eigenvalue weighted by Gasteiger charge is -2.15. The van der Waals surface area contributed by atoms with Crippen LogP contribution in [0, 0.1) is 0 Å². The van der Waals surface area contributed by atoms with Crippen LogP contribution in [0.15, 0.2) is 12.3 Å². The van der Waals surface area contributed by atoms with Crippen molar-refractivity contribution in [2.24, 2.45) is 0 Å². The molecular formula is C14H17N5OS. The second kappa shape index (κ2) is 4.92. The Bertz CT molecular complexity index is 696. The Morgan fingerprint density at radius 3 is 3.05 bits per heavy atom. The van der Waals surface area contributed by atoms with E-state index in [0.29, 0.717) is 15.4 Å². The Morgan fingerprint density at radius 2 is 2.29 bits per heavy atom. The topological polar surface area (TPSA) is 84.1 Å². The van der Waals surface area contributed by atoms with E-state index in [1.165, 1.54) is 24.2 Å². The summed E-state index contributed by atoms with van der Waals surface area (Å²) in [6.45, 7) is 2.05. The number of nitrogen functional groups attached to an aromatic ring is 1. The van der Waals surface area contributed by atoms with Crippen molar-refractivity contribution in [3.63, 3.8) is 0 Å². The largest absolute Gasteiger partial charge is 0.397 e. The van der Waals surface area contributed by atoms with Crippen LogP contribution in [0.4, 0.5) is 5.69 Å². The Morgan fingerprint density at radius 1 is 1.43 bits per heavy atom. The fourth-order valence-corrected chi connectivity index (χ4v) is 3.91. The number of nitrogens with zero attached hydrogens (tertiary/aromatic N) is 3. The molecule has 0 spiro atoms. The van der Waals surface area contributed by atoms with E-state index >= 15 is 0 Å². The summed E-state index contributed by atoms with van der Waals surface area (Å²) in [5, 5.41) is 11.8. The fraction of sp³-hybridized carbons (Fsp3) is 0.500. The number of rotatable bonds is 3. The monoisotopic (exact) mass is 303 g/mol. The maximum atomic E-state index is 12.4. The van der Waals surface area contributed by atoms with Gasteiger partial charge in [-0.05, 0) is 25.3 Å². The van der Waals surface area contributed by atoms with Crippen LogP contribution in [0.2, 0.25) is 0 Å². The van der Waals surface area contributed by atoms with E-state index in [9.17, 15) is 4.79 Å². The highest BCUT2D eigenvalue weighted by atomic mass is 32.1. The Kier molecular flexibility index (Phi) is 3.04. The first-order chi connectivity index (χ1) is 10.2. The summed E-state index contributed by atoms with van der Waals surface area (Å²) in [4.78, 5) is 16.2. The Labute approximate surface area is 126 Å². The van der Waals surface area contributed by atoms with Crippen LogP contribution < -0.4 is 11.1 Å². The Balaban J connectivity index is 1.50. The summed E-state index contributed by atoms with van der Waals surface area (Å²) in [5.74, 6) is -0.0850. The van der Waals surface area contributed by atoms with Gasteiger partial charge in [-0.15, -0.1) is 16.4 Å². The average molecular weight is 303 g/mol. The van der Waals surface area contributed by atoms with Gasteiger partial charge in [-0.1, -0.05) is 0 Å². The van der Waals surface area contributed by atoms with Gasteiger partial charge in [-0.25, -0.2) is 0 Å². The molecule has 7 heteroatoms. The van der Waals surface area contributed by atoms with Crippen LogP contribution >= 0.6 is 11.3 Å². The summed E-state index contributed by atoms with van der Waals surface area (Å²) >= 11 is 1.31. The molecule has 1 unspecified atom stereocenters. The predicted molar refractivity (Wildman–Crippen MR) is 82.3 cm³/mol. The number of thiophene rings is 1. The van der Waals surface area contributed by atoms with Gasteiger partial charge in [-0.3, -0.25) is 9.69 Å². The highest BCUT2D eigenvalue weighted by molar-refractivity contribution is 7.21. The number of hydrogen-bond acceptors (Lipinski definition) is 6. The number of nitrogens with one attached hydrogen (secondary N) is 1. The van der Waals surface area contributed by atoms with Gasteiger partial charge in [0.25, 0.3) is 5.91 Å². The summed E-state index contributed by atoms with van der Waals surface area (Å²) in [6.07, 6.45) is 5.23. The molecule has 1 atom stereocenters. The van der Waals surface area contributed by atoms with Gasteiger partial charge in [0, 0.05) is 30.6 Å². The number of amides is 1. The number of aromatic nitrogens is 2. The molecule has 0 radical (unpaired) electrons. The number of anilines is 1. The summed E-state index contributed by atoms with van der Waals surface area (Å²) in [6, 6.07) is 2.79. The number of likely N-dealkylation sites (tertiary alicyclic amines) is 1. The quantitative estimate of drug-likeness (QED) is 0.891. The minimum Gasteiger partial charge on any atom is -0.397 e. The molecule has 6 nitrogen and oxygen atoms in total. The highest BCUT2D eigenvalue weighted by Gasteiger charge is 2.35. The number of carbonyl (C=O) groups excluding carboxylic acids is 1. The van der Waals surface area contributed by atoms with Gasteiger partial charge in [0.1, 0.15) is 9.71 Å². The first kappa shape index (κ1) is 13.0. The normalized spacial score (nSPS) is 22.8. The lowest BCUT2D eigenvalue weighted by atomic mass is 10.2. The molecule has 21 heavy (non-hydrogen) atoms. The molecule has 0 aromatic carbocycles. The van der Waals surface area contributed by atoms with E-state index in [1.807, 2.05) is 0 Å². The molecule has 110 valence electrons. The molecule has 2 aromatic rings. The lowest BCUT2D eigenvalue weighted by molar-refractivity contribution is 0.0942. The SMILES string of the molecule is Nc1c(C(=O)NC2CCN(C3CC3)C2)sc2nnccc12. The van der Waals surface area contributed by atoms with Gasteiger partial charge in [0.2, 0.25) is 0 Å². The zero-order valence-electron chi connectivity index (χ0n) is 11.6. The zero-order chi connectivity index (χ0) is 14.4. The van der Waals surface area contributed by atoms with Crippen molar-refractivity contribution in [3.8, 4) is 0 Å². The van der Waals surface area contributed by atoms with Gasteiger partial charge in [0.15, 0.2) is 0 Å². The molecule has 0 bridgehead atoms. The van der Waals surface area contributed by atoms with Crippen molar-refractivity contribution in [1.29, 1.82) is 0 Å². The zero-order valence-corrected chi connectivity index (χ0v) is 12.4. The van der Waals surface area contributed by atoms with Crippen LogP contribution in [-0.2, 0) is 0 Å². The molecule has 1 aliphatic heterocycles. The van der Waals surface area contributed by atoms with E-state index in [2.05, 4.69) is 20.4 Å². The van der Waals surface area contributed by atoms with Crippen molar-refractivity contribution < 1.29 is 4.79 Å². The second-order valence-electron chi connectivity index (χ2n) is 5.78. The number of fused-ring (bicyclic) bond motifs is 1. The summed E-state index contributed by atoms with van der Waals surface area (Å²) in [5.41, 5.74) is 6.58. The third-order valence-electron chi connectivity index (χ3n) is 4.24. The van der Waals surface area contributed by atoms with Gasteiger partial charge < -0.3 is 11.1 Å². The van der Waals surface area contributed by atoms with Crippen LogP contribution in [0.25, 0.3) is 10.2 Å². The van der Waals surface area contributed by atoms with E-state index in [0.717, 1.165) is 30.9 Å². The number of nitrogens with two attached hydrogens (primary N) is 1. The first-order valence-electron chi connectivity index (χ1n) is 7.27. The number of hydrogen-bond donors (Lipinski definition) is 2. The first-order valence-corrected chi connectivity index (χ1v) is 8.08. The molecule has 3 N–H and O–H groups in total. The minimum absolute atomic E-state index is 0.0850. The Hall–Kier alpha value is -1.73. The fourth-order valence-electron chi connectivity index (χ4n) is 2.97. The lowest BCUT2D eigenvalue weighted by Crippen LogP contribution is -2.37. The molecule has 3 heterocycles. The summed E-state index contributed by atoms with van der Waals surface area (Å²) in [7, 11) is 0. The van der Waals surface area contributed by atoms with Crippen molar-refractivity contribution in [2.75, 3.05) is 18.8 Å². The number of carbonyl (C=O) groups is 1. The van der Waals surface area contributed by atoms with Crippen molar-refractivity contribution >= 4 is 33.1 Å². The molecule has 2 fully saturated rings. The molecule has 2 aliphatic rings. The van der Waals surface area contributed by atoms with Gasteiger partial charge >= 0.3 is 0 Å². The molecule has 2 aromatic heterocycles. The molecule has 1 saturated carbocycles. The standard InChI is InChI=1S/C14H17N5OS/c15-11-10-3-5-16-18-14(10)21-12(11)13(20)17-8-4-6-19(7-8)9-1-2-9/h3,5,8-9H,1-2,4,6-7,15H2,(H,17,20). The van der Waals surface area contributed by atoms with Crippen molar-refractivity contribution in [1.82, 2.24) is 20.4 Å².